The number of benzene rings is 1. The topological polar surface area (TPSA) is 81.1 Å². The van der Waals surface area contributed by atoms with Gasteiger partial charge in [-0.25, -0.2) is 0 Å². The molecule has 0 bridgehead atoms. The third-order valence-electron chi connectivity index (χ3n) is 3.06. The van der Waals surface area contributed by atoms with Crippen molar-refractivity contribution in [2.24, 2.45) is 0 Å². The maximum atomic E-state index is 12.4. The SMILES string of the molecule is CCN(CC)C(=O)c1ccc(O)c(O)c1C(=O)N(C)C. The summed E-state index contributed by atoms with van der Waals surface area (Å²) in [5.41, 5.74) is -0.0883. The summed E-state index contributed by atoms with van der Waals surface area (Å²) in [6, 6.07) is 2.56. The second kappa shape index (κ2) is 6.27. The number of aromatic hydroxyl groups is 2. The minimum atomic E-state index is -0.568. The number of hydrogen-bond acceptors (Lipinski definition) is 4. The van der Waals surface area contributed by atoms with Gasteiger partial charge in [0.05, 0.1) is 11.1 Å². The van der Waals surface area contributed by atoms with Crippen molar-refractivity contribution in [1.29, 1.82) is 0 Å². The fourth-order valence-corrected chi connectivity index (χ4v) is 1.88. The first-order valence-corrected chi connectivity index (χ1v) is 6.40. The number of phenolic OH excluding ortho intramolecular Hbond substituents is 2. The van der Waals surface area contributed by atoms with E-state index >= 15 is 0 Å². The molecule has 0 spiro atoms. The lowest BCUT2D eigenvalue weighted by Gasteiger charge is -2.22. The highest BCUT2D eigenvalue weighted by Gasteiger charge is 2.26. The van der Waals surface area contributed by atoms with Gasteiger partial charge in [0.2, 0.25) is 0 Å². The summed E-state index contributed by atoms with van der Waals surface area (Å²) >= 11 is 0. The molecule has 0 saturated heterocycles. The van der Waals surface area contributed by atoms with Gasteiger partial charge in [-0.05, 0) is 26.0 Å². The lowest BCUT2D eigenvalue weighted by Crippen LogP contribution is -2.33. The molecule has 0 aliphatic carbocycles. The van der Waals surface area contributed by atoms with Gasteiger partial charge in [-0.2, -0.15) is 0 Å². The summed E-state index contributed by atoms with van der Waals surface area (Å²) in [6.45, 7) is 4.64. The standard InChI is InChI=1S/C14H20N2O4/c1-5-16(6-2)13(19)9-7-8-10(17)12(18)11(9)14(20)15(3)4/h7-8,17-18H,5-6H2,1-4H3. The van der Waals surface area contributed by atoms with Crippen molar-refractivity contribution in [3.63, 3.8) is 0 Å². The second-order valence-electron chi connectivity index (χ2n) is 4.53. The fourth-order valence-electron chi connectivity index (χ4n) is 1.88. The second-order valence-corrected chi connectivity index (χ2v) is 4.53. The number of amides is 2. The summed E-state index contributed by atoms with van der Waals surface area (Å²) in [7, 11) is 3.02. The first kappa shape index (κ1) is 15.8. The quantitative estimate of drug-likeness (QED) is 0.814. The van der Waals surface area contributed by atoms with Crippen molar-refractivity contribution in [2.45, 2.75) is 13.8 Å². The van der Waals surface area contributed by atoms with E-state index in [0.29, 0.717) is 13.1 Å². The zero-order valence-corrected chi connectivity index (χ0v) is 12.2. The van der Waals surface area contributed by atoms with Gasteiger partial charge in [-0.1, -0.05) is 0 Å². The molecule has 1 aromatic rings. The maximum Gasteiger partial charge on any atom is 0.258 e. The Hall–Kier alpha value is -2.24. The molecule has 0 aromatic heterocycles. The molecule has 1 rings (SSSR count). The van der Waals surface area contributed by atoms with E-state index < -0.39 is 17.4 Å². The predicted molar refractivity (Wildman–Crippen MR) is 75.0 cm³/mol. The zero-order chi connectivity index (χ0) is 15.4. The summed E-state index contributed by atoms with van der Waals surface area (Å²) in [6.07, 6.45) is 0. The van der Waals surface area contributed by atoms with Crippen LogP contribution >= 0.6 is 0 Å². The Kier molecular flexibility index (Phi) is 4.96. The van der Waals surface area contributed by atoms with E-state index in [2.05, 4.69) is 0 Å². The van der Waals surface area contributed by atoms with E-state index in [4.69, 9.17) is 0 Å². The van der Waals surface area contributed by atoms with Gasteiger partial charge in [0, 0.05) is 27.2 Å². The average molecular weight is 280 g/mol. The van der Waals surface area contributed by atoms with Crippen LogP contribution in [0, 0.1) is 0 Å². The third kappa shape index (κ3) is 2.84. The number of hydrogen-bond donors (Lipinski definition) is 2. The smallest absolute Gasteiger partial charge is 0.258 e. The largest absolute Gasteiger partial charge is 0.504 e. The van der Waals surface area contributed by atoms with Crippen molar-refractivity contribution in [3.05, 3.63) is 23.3 Å². The molecule has 0 heterocycles. The molecular formula is C14H20N2O4. The minimum Gasteiger partial charge on any atom is -0.504 e. The van der Waals surface area contributed by atoms with Gasteiger partial charge < -0.3 is 20.0 Å². The molecule has 0 fully saturated rings. The van der Waals surface area contributed by atoms with Crippen molar-refractivity contribution in [2.75, 3.05) is 27.2 Å². The molecule has 2 amide bonds. The highest BCUT2D eigenvalue weighted by atomic mass is 16.3. The van der Waals surface area contributed by atoms with Crippen LogP contribution in [0.15, 0.2) is 12.1 Å². The lowest BCUT2D eigenvalue weighted by molar-refractivity contribution is 0.0751. The third-order valence-corrected chi connectivity index (χ3v) is 3.06. The van der Waals surface area contributed by atoms with E-state index in [-0.39, 0.29) is 17.0 Å². The number of carbonyl (C=O) groups is 2. The van der Waals surface area contributed by atoms with Gasteiger partial charge in [0.1, 0.15) is 0 Å². The molecule has 20 heavy (non-hydrogen) atoms. The van der Waals surface area contributed by atoms with Crippen LogP contribution < -0.4 is 0 Å². The van der Waals surface area contributed by atoms with E-state index in [0.717, 1.165) is 0 Å². The van der Waals surface area contributed by atoms with Gasteiger partial charge >= 0.3 is 0 Å². The van der Waals surface area contributed by atoms with Gasteiger partial charge in [-0.3, -0.25) is 9.59 Å². The monoisotopic (exact) mass is 280 g/mol. The molecular weight excluding hydrogens is 260 g/mol. The molecule has 0 aliphatic heterocycles. The Morgan fingerprint density at radius 3 is 2.05 bits per heavy atom. The molecule has 1 aromatic carbocycles. The van der Waals surface area contributed by atoms with Crippen molar-refractivity contribution in [1.82, 2.24) is 9.80 Å². The van der Waals surface area contributed by atoms with Crippen LogP contribution in [0.25, 0.3) is 0 Å². The normalized spacial score (nSPS) is 10.2. The Morgan fingerprint density at radius 1 is 1.05 bits per heavy atom. The van der Waals surface area contributed by atoms with Crippen molar-refractivity contribution < 1.29 is 19.8 Å². The Morgan fingerprint density at radius 2 is 1.60 bits per heavy atom. The van der Waals surface area contributed by atoms with Gasteiger partial charge in [0.25, 0.3) is 11.8 Å². The molecule has 0 aliphatic rings. The highest BCUT2D eigenvalue weighted by Crippen LogP contribution is 2.32. The molecule has 110 valence electrons. The molecule has 0 atom stereocenters. The minimum absolute atomic E-state index is 0.0858. The number of nitrogens with zero attached hydrogens (tertiary/aromatic N) is 2. The van der Waals surface area contributed by atoms with Gasteiger partial charge in [0.15, 0.2) is 11.5 Å². The number of phenols is 2. The molecule has 0 radical (unpaired) electrons. The fraction of sp³-hybridized carbons (Fsp3) is 0.429. The highest BCUT2D eigenvalue weighted by molar-refractivity contribution is 6.09. The van der Waals surface area contributed by atoms with E-state index in [9.17, 15) is 19.8 Å². The zero-order valence-electron chi connectivity index (χ0n) is 12.2. The Balaban J connectivity index is 3.44. The van der Waals surface area contributed by atoms with Crippen LogP contribution in [0.3, 0.4) is 0 Å². The summed E-state index contributed by atoms with van der Waals surface area (Å²) in [5.74, 6) is -1.88. The van der Waals surface area contributed by atoms with Crippen LogP contribution in [0.2, 0.25) is 0 Å². The average Bonchev–Trinajstić information content (AvgIpc) is 2.41. The summed E-state index contributed by atoms with van der Waals surface area (Å²) < 4.78 is 0. The van der Waals surface area contributed by atoms with E-state index in [1.165, 1.54) is 36.0 Å². The summed E-state index contributed by atoms with van der Waals surface area (Å²) in [5, 5.41) is 19.4. The molecule has 0 saturated carbocycles. The summed E-state index contributed by atoms with van der Waals surface area (Å²) in [4.78, 5) is 27.3. The first-order chi connectivity index (χ1) is 9.34. The molecule has 0 unspecified atom stereocenters. The van der Waals surface area contributed by atoms with Crippen molar-refractivity contribution >= 4 is 11.8 Å². The van der Waals surface area contributed by atoms with Crippen LogP contribution in [-0.4, -0.2) is 59.0 Å². The maximum absolute atomic E-state index is 12.4. The molecule has 6 heteroatoms. The predicted octanol–water partition coefficient (Wildman–Crippen LogP) is 1.28. The van der Waals surface area contributed by atoms with Crippen molar-refractivity contribution in [3.8, 4) is 11.5 Å². The molecule has 6 nitrogen and oxygen atoms in total. The van der Waals surface area contributed by atoms with Crippen LogP contribution in [-0.2, 0) is 0 Å². The molecule has 2 N–H and O–H groups in total. The lowest BCUT2D eigenvalue weighted by atomic mass is 10.0. The van der Waals surface area contributed by atoms with E-state index in [1.54, 1.807) is 0 Å². The Labute approximate surface area is 118 Å². The van der Waals surface area contributed by atoms with Gasteiger partial charge in [-0.15, -0.1) is 0 Å². The van der Waals surface area contributed by atoms with Crippen LogP contribution in [0.5, 0.6) is 11.5 Å². The Bertz CT molecular complexity index is 522. The van der Waals surface area contributed by atoms with E-state index in [1.807, 2.05) is 13.8 Å². The first-order valence-electron chi connectivity index (χ1n) is 6.40. The number of carbonyl (C=O) groups excluding carboxylic acids is 2. The van der Waals surface area contributed by atoms with Crippen LogP contribution in [0.1, 0.15) is 34.6 Å². The van der Waals surface area contributed by atoms with Crippen LogP contribution in [0.4, 0.5) is 0 Å². The number of rotatable bonds is 4.